The molecule has 1 aliphatic rings. The van der Waals surface area contributed by atoms with Crippen LogP contribution in [0.15, 0.2) is 0 Å². The third-order valence-electron chi connectivity index (χ3n) is 3.34. The normalized spacial score (nSPS) is 19.2. The zero-order valence-corrected chi connectivity index (χ0v) is 10.9. The Kier molecular flexibility index (Phi) is 6.65. The molecule has 0 aromatic heterocycles. The van der Waals surface area contributed by atoms with E-state index in [1.54, 1.807) is 0 Å². The first-order chi connectivity index (χ1) is 8.71. The fourth-order valence-corrected chi connectivity index (χ4v) is 2.19. The number of piperazine rings is 1. The summed E-state index contributed by atoms with van der Waals surface area (Å²) in [5.74, 6) is -0.0980. The Balaban J connectivity index is 2.27. The van der Waals surface area contributed by atoms with Crippen LogP contribution >= 0.6 is 0 Å². The Morgan fingerprint density at radius 1 is 1.44 bits per heavy atom. The molecule has 0 bridgehead atoms. The summed E-state index contributed by atoms with van der Waals surface area (Å²) >= 11 is 0. The van der Waals surface area contributed by atoms with Crippen LogP contribution in [0.3, 0.4) is 0 Å². The van der Waals surface area contributed by atoms with Crippen LogP contribution in [0.25, 0.3) is 0 Å². The Morgan fingerprint density at radius 2 is 2.11 bits per heavy atom. The fourth-order valence-electron chi connectivity index (χ4n) is 2.19. The number of nitrogens with one attached hydrogen (secondary N) is 1. The quantitative estimate of drug-likeness (QED) is 0.595. The van der Waals surface area contributed by atoms with Crippen LogP contribution in [-0.2, 0) is 4.79 Å². The van der Waals surface area contributed by atoms with E-state index in [1.165, 1.54) is 0 Å². The monoisotopic (exact) mass is 254 g/mol. The van der Waals surface area contributed by atoms with Crippen molar-refractivity contribution in [2.45, 2.75) is 19.4 Å². The van der Waals surface area contributed by atoms with E-state index < -0.39 is 0 Å². The molecule has 0 aliphatic carbocycles. The molecule has 0 spiro atoms. The summed E-state index contributed by atoms with van der Waals surface area (Å²) in [6.45, 7) is 6.11. The molecule has 0 aromatic rings. The SMILES string of the molecule is CCC(CO)N1CCN(CC(=O)NCC#N)CC1. The molecule has 6 heteroatoms. The second-order valence-corrected chi connectivity index (χ2v) is 4.49. The first kappa shape index (κ1) is 14.9. The van der Waals surface area contributed by atoms with Gasteiger partial charge in [-0.1, -0.05) is 6.92 Å². The third-order valence-corrected chi connectivity index (χ3v) is 3.34. The molecule has 1 rings (SSSR count). The van der Waals surface area contributed by atoms with Gasteiger partial charge in [-0.2, -0.15) is 5.26 Å². The van der Waals surface area contributed by atoms with Gasteiger partial charge >= 0.3 is 0 Å². The van der Waals surface area contributed by atoms with Crippen molar-refractivity contribution in [1.82, 2.24) is 15.1 Å². The molecule has 18 heavy (non-hydrogen) atoms. The molecule has 1 amide bonds. The van der Waals surface area contributed by atoms with Gasteiger partial charge in [-0.25, -0.2) is 0 Å². The largest absolute Gasteiger partial charge is 0.395 e. The Morgan fingerprint density at radius 3 is 2.61 bits per heavy atom. The van der Waals surface area contributed by atoms with E-state index in [-0.39, 0.29) is 25.1 Å². The van der Waals surface area contributed by atoms with Crippen LogP contribution in [0.4, 0.5) is 0 Å². The topological polar surface area (TPSA) is 79.6 Å². The van der Waals surface area contributed by atoms with Crippen LogP contribution in [0.5, 0.6) is 0 Å². The van der Waals surface area contributed by atoms with Crippen LogP contribution in [0, 0.1) is 11.3 Å². The van der Waals surface area contributed by atoms with Crippen molar-refractivity contribution in [2.24, 2.45) is 0 Å². The number of carbonyl (C=O) groups excluding carboxylic acids is 1. The van der Waals surface area contributed by atoms with Gasteiger partial charge in [-0.3, -0.25) is 14.6 Å². The van der Waals surface area contributed by atoms with E-state index in [9.17, 15) is 9.90 Å². The molecular weight excluding hydrogens is 232 g/mol. The van der Waals surface area contributed by atoms with E-state index in [1.807, 2.05) is 6.07 Å². The maximum Gasteiger partial charge on any atom is 0.235 e. The maximum atomic E-state index is 11.4. The molecule has 1 aliphatic heterocycles. The Labute approximate surface area is 108 Å². The van der Waals surface area contributed by atoms with Crippen molar-refractivity contribution < 1.29 is 9.90 Å². The Bertz CT molecular complexity index is 291. The predicted octanol–water partition coefficient (Wildman–Crippen LogP) is -0.985. The number of aliphatic hydroxyl groups is 1. The van der Waals surface area contributed by atoms with Crippen molar-refractivity contribution in [2.75, 3.05) is 45.9 Å². The zero-order valence-electron chi connectivity index (χ0n) is 10.9. The van der Waals surface area contributed by atoms with Gasteiger partial charge in [0, 0.05) is 32.2 Å². The van der Waals surface area contributed by atoms with Crippen LogP contribution in [0.2, 0.25) is 0 Å². The average Bonchev–Trinajstić information content (AvgIpc) is 2.40. The van der Waals surface area contributed by atoms with Gasteiger partial charge in [0.25, 0.3) is 0 Å². The van der Waals surface area contributed by atoms with Crippen LogP contribution < -0.4 is 5.32 Å². The van der Waals surface area contributed by atoms with E-state index in [4.69, 9.17) is 5.26 Å². The zero-order chi connectivity index (χ0) is 13.4. The molecule has 2 N–H and O–H groups in total. The number of carbonyl (C=O) groups is 1. The summed E-state index contributed by atoms with van der Waals surface area (Å²) in [6.07, 6.45) is 0.944. The van der Waals surface area contributed by atoms with Crippen molar-refractivity contribution in [3.8, 4) is 6.07 Å². The summed E-state index contributed by atoms with van der Waals surface area (Å²) in [6, 6.07) is 2.12. The minimum atomic E-state index is -0.0980. The molecule has 0 saturated carbocycles. The highest BCUT2D eigenvalue weighted by Crippen LogP contribution is 2.08. The predicted molar refractivity (Wildman–Crippen MR) is 67.8 cm³/mol. The lowest BCUT2D eigenvalue weighted by Crippen LogP contribution is -2.53. The molecule has 1 heterocycles. The molecule has 1 fully saturated rings. The summed E-state index contributed by atoms with van der Waals surface area (Å²) in [5, 5.41) is 20.1. The minimum Gasteiger partial charge on any atom is -0.395 e. The van der Waals surface area contributed by atoms with Gasteiger partial charge in [0.05, 0.1) is 19.2 Å². The Hall–Kier alpha value is -1.16. The lowest BCUT2D eigenvalue weighted by atomic mass is 10.1. The molecule has 0 aromatic carbocycles. The first-order valence-corrected chi connectivity index (χ1v) is 6.42. The number of amides is 1. The van der Waals surface area contributed by atoms with Gasteiger partial charge in [0.15, 0.2) is 0 Å². The highest BCUT2D eigenvalue weighted by Gasteiger charge is 2.23. The van der Waals surface area contributed by atoms with Crippen LogP contribution in [0.1, 0.15) is 13.3 Å². The van der Waals surface area contributed by atoms with Crippen molar-refractivity contribution >= 4 is 5.91 Å². The van der Waals surface area contributed by atoms with Gasteiger partial charge < -0.3 is 10.4 Å². The van der Waals surface area contributed by atoms with E-state index >= 15 is 0 Å². The summed E-state index contributed by atoms with van der Waals surface area (Å²) < 4.78 is 0. The first-order valence-electron chi connectivity index (χ1n) is 6.42. The van der Waals surface area contributed by atoms with Crippen molar-refractivity contribution in [1.29, 1.82) is 5.26 Å². The lowest BCUT2D eigenvalue weighted by molar-refractivity contribution is -0.122. The number of hydrogen-bond acceptors (Lipinski definition) is 5. The fraction of sp³-hybridized carbons (Fsp3) is 0.833. The highest BCUT2D eigenvalue weighted by molar-refractivity contribution is 5.78. The highest BCUT2D eigenvalue weighted by atomic mass is 16.3. The van der Waals surface area contributed by atoms with Gasteiger partial charge in [-0.15, -0.1) is 0 Å². The maximum absolute atomic E-state index is 11.4. The summed E-state index contributed by atoms with van der Waals surface area (Å²) in [4.78, 5) is 15.8. The average molecular weight is 254 g/mol. The van der Waals surface area contributed by atoms with Crippen LogP contribution in [-0.4, -0.2) is 72.7 Å². The van der Waals surface area contributed by atoms with Crippen molar-refractivity contribution in [3.63, 3.8) is 0 Å². The molecule has 1 unspecified atom stereocenters. The molecular formula is C12H22N4O2. The molecule has 0 radical (unpaired) electrons. The number of aliphatic hydroxyl groups excluding tert-OH is 1. The standard InChI is InChI=1S/C12H22N4O2/c1-2-11(10-17)16-7-5-15(6-8-16)9-12(18)14-4-3-13/h11,17H,2,4-10H2,1H3,(H,14,18). The second kappa shape index (κ2) is 8.03. The van der Waals surface area contributed by atoms with Crippen molar-refractivity contribution in [3.05, 3.63) is 0 Å². The number of hydrogen-bond donors (Lipinski definition) is 2. The molecule has 6 nitrogen and oxygen atoms in total. The molecule has 1 atom stereocenters. The smallest absolute Gasteiger partial charge is 0.235 e. The number of nitrogens with zero attached hydrogens (tertiary/aromatic N) is 3. The summed E-state index contributed by atoms with van der Waals surface area (Å²) in [7, 11) is 0. The second-order valence-electron chi connectivity index (χ2n) is 4.49. The van der Waals surface area contributed by atoms with Gasteiger partial charge in [-0.05, 0) is 6.42 Å². The number of nitriles is 1. The molecule has 1 saturated heterocycles. The third kappa shape index (κ3) is 4.61. The van der Waals surface area contributed by atoms with E-state index in [2.05, 4.69) is 22.0 Å². The number of rotatable bonds is 6. The lowest BCUT2D eigenvalue weighted by Gasteiger charge is -2.38. The van der Waals surface area contributed by atoms with Gasteiger partial charge in [0.2, 0.25) is 5.91 Å². The molecule has 102 valence electrons. The minimum absolute atomic E-state index is 0.0707. The van der Waals surface area contributed by atoms with Gasteiger partial charge in [0.1, 0.15) is 6.54 Å². The summed E-state index contributed by atoms with van der Waals surface area (Å²) in [5.41, 5.74) is 0. The van der Waals surface area contributed by atoms with E-state index in [0.717, 1.165) is 32.6 Å². The van der Waals surface area contributed by atoms with E-state index in [0.29, 0.717) is 6.54 Å².